The van der Waals surface area contributed by atoms with Gasteiger partial charge in [-0.1, -0.05) is 24.3 Å². The van der Waals surface area contributed by atoms with Gasteiger partial charge in [-0.15, -0.1) is 0 Å². The molecule has 0 saturated carbocycles. The van der Waals surface area contributed by atoms with Crippen molar-refractivity contribution in [3.63, 3.8) is 0 Å². The van der Waals surface area contributed by atoms with Crippen LogP contribution >= 0.6 is 0 Å². The van der Waals surface area contributed by atoms with E-state index in [1.54, 1.807) is 6.92 Å². The number of nitrogens with zero attached hydrogens (tertiary/aromatic N) is 2. The minimum Gasteiger partial charge on any atom is -0.392 e. The monoisotopic (exact) mass is 248 g/mol. The number of carbonyl (C=O) groups excluding carboxylic acids is 1. The van der Waals surface area contributed by atoms with Crippen LogP contribution in [0.3, 0.4) is 0 Å². The van der Waals surface area contributed by atoms with Crippen LogP contribution in [0.1, 0.15) is 18.1 Å². The van der Waals surface area contributed by atoms with Gasteiger partial charge in [0.25, 0.3) is 0 Å². The van der Waals surface area contributed by atoms with Crippen molar-refractivity contribution in [2.24, 2.45) is 0 Å². The predicted octanol–water partition coefficient (Wildman–Crippen LogP) is 0.843. The maximum absolute atomic E-state index is 11.2. The summed E-state index contributed by atoms with van der Waals surface area (Å²) < 4.78 is 0. The summed E-state index contributed by atoms with van der Waals surface area (Å²) in [5, 5.41) is 9.11. The minimum atomic E-state index is 0.0892. The van der Waals surface area contributed by atoms with Crippen LogP contribution in [0, 0.1) is 0 Å². The molecule has 4 heteroatoms. The molecule has 18 heavy (non-hydrogen) atoms. The summed E-state index contributed by atoms with van der Waals surface area (Å²) in [5.41, 5.74) is 2.17. The van der Waals surface area contributed by atoms with Gasteiger partial charge in [-0.05, 0) is 11.1 Å². The molecule has 0 atom stereocenters. The Morgan fingerprint density at radius 1 is 1.22 bits per heavy atom. The van der Waals surface area contributed by atoms with Gasteiger partial charge in [0, 0.05) is 39.6 Å². The van der Waals surface area contributed by atoms with Crippen molar-refractivity contribution in [3.05, 3.63) is 35.4 Å². The Hall–Kier alpha value is -1.39. The van der Waals surface area contributed by atoms with Gasteiger partial charge < -0.3 is 10.0 Å². The molecule has 1 aromatic carbocycles. The number of aliphatic hydroxyl groups excluding tert-OH is 1. The van der Waals surface area contributed by atoms with Crippen LogP contribution in [0.2, 0.25) is 0 Å². The largest absolute Gasteiger partial charge is 0.392 e. The van der Waals surface area contributed by atoms with Crippen molar-refractivity contribution in [2.75, 3.05) is 26.2 Å². The summed E-state index contributed by atoms with van der Waals surface area (Å²) in [7, 11) is 0. The van der Waals surface area contributed by atoms with Crippen LogP contribution in [0.5, 0.6) is 0 Å². The third-order valence-electron chi connectivity index (χ3n) is 3.40. The molecule has 0 bridgehead atoms. The lowest BCUT2D eigenvalue weighted by Crippen LogP contribution is -2.47. The second kappa shape index (κ2) is 5.98. The zero-order chi connectivity index (χ0) is 13.0. The van der Waals surface area contributed by atoms with Crippen LogP contribution in [-0.2, 0) is 17.9 Å². The summed E-state index contributed by atoms with van der Waals surface area (Å²) >= 11 is 0. The summed E-state index contributed by atoms with van der Waals surface area (Å²) in [6.45, 7) is 6.07. The van der Waals surface area contributed by atoms with Crippen molar-refractivity contribution in [1.82, 2.24) is 9.80 Å². The lowest BCUT2D eigenvalue weighted by molar-refractivity contribution is -0.130. The van der Waals surface area contributed by atoms with E-state index in [0.29, 0.717) is 0 Å². The van der Waals surface area contributed by atoms with Gasteiger partial charge in [0.05, 0.1) is 6.61 Å². The summed E-state index contributed by atoms with van der Waals surface area (Å²) in [5.74, 6) is 0.164. The van der Waals surface area contributed by atoms with Gasteiger partial charge >= 0.3 is 0 Å². The number of hydrogen-bond donors (Lipinski definition) is 1. The van der Waals surface area contributed by atoms with E-state index < -0.39 is 0 Å². The highest BCUT2D eigenvalue weighted by atomic mass is 16.3. The molecule has 0 aliphatic carbocycles. The van der Waals surface area contributed by atoms with E-state index in [1.807, 2.05) is 23.1 Å². The molecular weight excluding hydrogens is 228 g/mol. The Kier molecular flexibility index (Phi) is 4.33. The number of rotatable bonds is 3. The lowest BCUT2D eigenvalue weighted by atomic mass is 10.1. The molecule has 1 fully saturated rings. The standard InChI is InChI=1S/C14H20N2O2/c1-12(18)16-7-5-15(6-8-16)10-13-3-2-4-14(9-13)11-17/h2-4,9,17H,5-8,10-11H2,1H3. The number of amides is 1. The molecular formula is C14H20N2O2. The van der Waals surface area contributed by atoms with Crippen molar-refractivity contribution in [3.8, 4) is 0 Å². The quantitative estimate of drug-likeness (QED) is 0.862. The molecule has 1 N–H and O–H groups in total. The summed E-state index contributed by atoms with van der Waals surface area (Å²) in [6, 6.07) is 8.03. The van der Waals surface area contributed by atoms with Crippen LogP contribution in [0.4, 0.5) is 0 Å². The van der Waals surface area contributed by atoms with E-state index in [1.165, 1.54) is 5.56 Å². The van der Waals surface area contributed by atoms with Gasteiger partial charge in [-0.3, -0.25) is 9.69 Å². The average molecular weight is 248 g/mol. The first-order valence-corrected chi connectivity index (χ1v) is 6.35. The van der Waals surface area contributed by atoms with Crippen molar-refractivity contribution < 1.29 is 9.90 Å². The molecule has 98 valence electrons. The second-order valence-corrected chi connectivity index (χ2v) is 4.76. The van der Waals surface area contributed by atoms with E-state index in [0.717, 1.165) is 38.3 Å². The molecule has 1 amide bonds. The third-order valence-corrected chi connectivity index (χ3v) is 3.40. The molecule has 0 aromatic heterocycles. The van der Waals surface area contributed by atoms with Crippen molar-refractivity contribution in [1.29, 1.82) is 0 Å². The molecule has 0 spiro atoms. The lowest BCUT2D eigenvalue weighted by Gasteiger charge is -2.34. The number of benzene rings is 1. The number of piperazine rings is 1. The average Bonchev–Trinajstić information content (AvgIpc) is 2.39. The van der Waals surface area contributed by atoms with E-state index in [2.05, 4.69) is 11.0 Å². The SMILES string of the molecule is CC(=O)N1CCN(Cc2cccc(CO)c2)CC1. The molecule has 4 nitrogen and oxygen atoms in total. The third kappa shape index (κ3) is 3.31. The molecule has 1 aromatic rings. The predicted molar refractivity (Wildman–Crippen MR) is 69.9 cm³/mol. The highest BCUT2D eigenvalue weighted by Gasteiger charge is 2.18. The van der Waals surface area contributed by atoms with E-state index >= 15 is 0 Å². The van der Waals surface area contributed by atoms with Gasteiger partial charge in [-0.25, -0.2) is 0 Å². The van der Waals surface area contributed by atoms with Crippen molar-refractivity contribution in [2.45, 2.75) is 20.1 Å². The van der Waals surface area contributed by atoms with Crippen molar-refractivity contribution >= 4 is 5.91 Å². The number of aliphatic hydroxyl groups is 1. The summed E-state index contributed by atoms with van der Waals surface area (Å²) in [4.78, 5) is 15.5. The maximum Gasteiger partial charge on any atom is 0.219 e. The minimum absolute atomic E-state index is 0.0892. The van der Waals surface area contributed by atoms with Crippen LogP contribution in [-0.4, -0.2) is 47.0 Å². The zero-order valence-corrected chi connectivity index (χ0v) is 10.8. The Morgan fingerprint density at radius 2 is 1.89 bits per heavy atom. The fourth-order valence-corrected chi connectivity index (χ4v) is 2.31. The molecule has 0 unspecified atom stereocenters. The Labute approximate surface area is 108 Å². The normalized spacial score (nSPS) is 16.9. The Morgan fingerprint density at radius 3 is 2.50 bits per heavy atom. The molecule has 1 aliphatic heterocycles. The van der Waals surface area contributed by atoms with Crippen LogP contribution < -0.4 is 0 Å². The molecule has 1 aliphatic rings. The zero-order valence-electron chi connectivity index (χ0n) is 10.8. The first kappa shape index (κ1) is 13.1. The van der Waals surface area contributed by atoms with Gasteiger partial charge in [0.15, 0.2) is 0 Å². The van der Waals surface area contributed by atoms with E-state index in [-0.39, 0.29) is 12.5 Å². The Balaban J connectivity index is 1.89. The fraction of sp³-hybridized carbons (Fsp3) is 0.500. The fourth-order valence-electron chi connectivity index (χ4n) is 2.31. The van der Waals surface area contributed by atoms with Crippen LogP contribution in [0.25, 0.3) is 0 Å². The molecule has 2 rings (SSSR count). The second-order valence-electron chi connectivity index (χ2n) is 4.76. The highest BCUT2D eigenvalue weighted by Crippen LogP contribution is 2.11. The first-order valence-electron chi connectivity index (χ1n) is 6.35. The Bertz CT molecular complexity index is 412. The van der Waals surface area contributed by atoms with E-state index in [4.69, 9.17) is 5.11 Å². The molecule has 1 saturated heterocycles. The van der Waals surface area contributed by atoms with E-state index in [9.17, 15) is 4.79 Å². The number of carbonyl (C=O) groups is 1. The highest BCUT2D eigenvalue weighted by molar-refractivity contribution is 5.73. The maximum atomic E-state index is 11.2. The van der Waals surface area contributed by atoms with Gasteiger partial charge in [0.1, 0.15) is 0 Å². The summed E-state index contributed by atoms with van der Waals surface area (Å²) in [6.07, 6.45) is 0. The van der Waals surface area contributed by atoms with Gasteiger partial charge in [0.2, 0.25) is 5.91 Å². The molecule has 0 radical (unpaired) electrons. The number of hydrogen-bond acceptors (Lipinski definition) is 3. The topological polar surface area (TPSA) is 43.8 Å². The smallest absolute Gasteiger partial charge is 0.219 e. The molecule has 1 heterocycles. The first-order chi connectivity index (χ1) is 8.69. The van der Waals surface area contributed by atoms with Crippen LogP contribution in [0.15, 0.2) is 24.3 Å². The van der Waals surface area contributed by atoms with Gasteiger partial charge in [-0.2, -0.15) is 0 Å².